The summed E-state index contributed by atoms with van der Waals surface area (Å²) in [5.41, 5.74) is 2.52. The maximum atomic E-state index is 4.91. The van der Waals surface area contributed by atoms with Crippen molar-refractivity contribution in [1.82, 2.24) is 10.3 Å². The summed E-state index contributed by atoms with van der Waals surface area (Å²) in [5, 5.41) is 3.25. The fourth-order valence-electron chi connectivity index (χ4n) is 2.60. The van der Waals surface area contributed by atoms with Crippen molar-refractivity contribution >= 4 is 5.82 Å². The number of hydrogen-bond acceptors (Lipinski definition) is 3. The predicted octanol–water partition coefficient (Wildman–Crippen LogP) is 4.19. The van der Waals surface area contributed by atoms with E-state index in [9.17, 15) is 0 Å². The standard InChI is InChI=1S/C18H33N3/c1-7-15(8-2)13-21(9-3)18-11-16(12-19-6)10-17(20-18)14(4)5/h10-11,14-15,19H,7-9,12-13H2,1-6H3. The molecule has 0 saturated carbocycles. The van der Waals surface area contributed by atoms with Crippen LogP contribution in [0.25, 0.3) is 0 Å². The van der Waals surface area contributed by atoms with Crippen molar-refractivity contribution in [2.75, 3.05) is 25.0 Å². The minimum Gasteiger partial charge on any atom is -0.357 e. The number of rotatable bonds is 9. The SMILES string of the molecule is CCC(CC)CN(CC)c1cc(CNC)cc(C(C)C)n1. The molecule has 0 amide bonds. The van der Waals surface area contributed by atoms with Crippen LogP contribution in [0.2, 0.25) is 0 Å². The van der Waals surface area contributed by atoms with Crippen molar-refractivity contribution < 1.29 is 0 Å². The molecule has 0 aromatic carbocycles. The number of anilines is 1. The molecular weight excluding hydrogens is 258 g/mol. The van der Waals surface area contributed by atoms with Gasteiger partial charge in [0.15, 0.2) is 0 Å². The third-order valence-electron chi connectivity index (χ3n) is 4.20. The highest BCUT2D eigenvalue weighted by atomic mass is 15.2. The third-order valence-corrected chi connectivity index (χ3v) is 4.20. The molecule has 3 heteroatoms. The largest absolute Gasteiger partial charge is 0.357 e. The van der Waals surface area contributed by atoms with E-state index in [0.29, 0.717) is 5.92 Å². The summed E-state index contributed by atoms with van der Waals surface area (Å²) in [6, 6.07) is 4.48. The summed E-state index contributed by atoms with van der Waals surface area (Å²) in [6.07, 6.45) is 2.47. The average molecular weight is 291 g/mol. The first-order chi connectivity index (χ1) is 10.0. The molecule has 0 fully saturated rings. The van der Waals surface area contributed by atoms with Crippen LogP contribution in [0, 0.1) is 5.92 Å². The summed E-state index contributed by atoms with van der Waals surface area (Å²) in [5.74, 6) is 2.36. The van der Waals surface area contributed by atoms with Crippen LogP contribution in [0.1, 0.15) is 64.6 Å². The molecule has 3 nitrogen and oxygen atoms in total. The second-order valence-corrected chi connectivity index (χ2v) is 6.16. The lowest BCUT2D eigenvalue weighted by molar-refractivity contribution is 0.484. The van der Waals surface area contributed by atoms with Crippen LogP contribution in [-0.4, -0.2) is 25.1 Å². The normalized spacial score (nSPS) is 11.4. The highest BCUT2D eigenvalue weighted by molar-refractivity contribution is 5.43. The zero-order valence-electron chi connectivity index (χ0n) is 14.7. The molecule has 1 N–H and O–H groups in total. The van der Waals surface area contributed by atoms with Crippen molar-refractivity contribution in [3.63, 3.8) is 0 Å². The van der Waals surface area contributed by atoms with Gasteiger partial charge < -0.3 is 10.2 Å². The summed E-state index contributed by atoms with van der Waals surface area (Å²) < 4.78 is 0. The van der Waals surface area contributed by atoms with E-state index >= 15 is 0 Å². The Labute approximate surface area is 131 Å². The number of aromatic nitrogens is 1. The van der Waals surface area contributed by atoms with Crippen LogP contribution in [0.4, 0.5) is 5.82 Å². The van der Waals surface area contributed by atoms with Gasteiger partial charge in [-0.25, -0.2) is 4.98 Å². The monoisotopic (exact) mass is 291 g/mol. The Morgan fingerprint density at radius 1 is 1.14 bits per heavy atom. The molecule has 1 heterocycles. The molecule has 0 aliphatic rings. The van der Waals surface area contributed by atoms with Crippen LogP contribution < -0.4 is 10.2 Å². The van der Waals surface area contributed by atoms with Crippen LogP contribution in [-0.2, 0) is 6.54 Å². The van der Waals surface area contributed by atoms with Gasteiger partial charge in [-0.1, -0.05) is 40.5 Å². The van der Waals surface area contributed by atoms with E-state index in [2.05, 4.69) is 57.0 Å². The Kier molecular flexibility index (Phi) is 7.73. The van der Waals surface area contributed by atoms with E-state index in [1.165, 1.54) is 24.1 Å². The van der Waals surface area contributed by atoms with Gasteiger partial charge in [0.25, 0.3) is 0 Å². The van der Waals surface area contributed by atoms with Gasteiger partial charge in [0.05, 0.1) is 0 Å². The van der Waals surface area contributed by atoms with Gasteiger partial charge in [0, 0.05) is 25.3 Å². The van der Waals surface area contributed by atoms with Gasteiger partial charge in [-0.05, 0) is 43.5 Å². The van der Waals surface area contributed by atoms with Crippen LogP contribution >= 0.6 is 0 Å². The smallest absolute Gasteiger partial charge is 0.129 e. The third kappa shape index (κ3) is 5.31. The molecule has 0 aliphatic carbocycles. The number of pyridine rings is 1. The molecule has 0 atom stereocenters. The second kappa shape index (κ2) is 9.04. The van der Waals surface area contributed by atoms with Crippen molar-refractivity contribution in [3.05, 3.63) is 23.4 Å². The lowest BCUT2D eigenvalue weighted by atomic mass is 10.0. The average Bonchev–Trinajstić information content (AvgIpc) is 2.48. The quantitative estimate of drug-likeness (QED) is 0.739. The molecule has 120 valence electrons. The number of hydrogen-bond donors (Lipinski definition) is 1. The molecule has 1 aromatic heterocycles. The van der Waals surface area contributed by atoms with E-state index in [0.717, 1.165) is 31.4 Å². The molecule has 0 bridgehead atoms. The maximum absolute atomic E-state index is 4.91. The van der Waals surface area contributed by atoms with Crippen LogP contribution in [0.3, 0.4) is 0 Å². The maximum Gasteiger partial charge on any atom is 0.129 e. The fourth-order valence-corrected chi connectivity index (χ4v) is 2.60. The van der Waals surface area contributed by atoms with Crippen LogP contribution in [0.5, 0.6) is 0 Å². The highest BCUT2D eigenvalue weighted by Gasteiger charge is 2.14. The van der Waals surface area contributed by atoms with E-state index in [4.69, 9.17) is 4.98 Å². The predicted molar refractivity (Wildman–Crippen MR) is 93.0 cm³/mol. The van der Waals surface area contributed by atoms with E-state index < -0.39 is 0 Å². The van der Waals surface area contributed by atoms with E-state index in [1.54, 1.807) is 0 Å². The molecule has 0 unspecified atom stereocenters. The van der Waals surface area contributed by atoms with Crippen molar-refractivity contribution in [1.29, 1.82) is 0 Å². The first-order valence-electron chi connectivity index (χ1n) is 8.45. The van der Waals surface area contributed by atoms with Gasteiger partial charge in [-0.2, -0.15) is 0 Å². The van der Waals surface area contributed by atoms with Gasteiger partial charge in [-0.15, -0.1) is 0 Å². The summed E-state index contributed by atoms with van der Waals surface area (Å²) in [6.45, 7) is 14.3. The van der Waals surface area contributed by atoms with Crippen LogP contribution in [0.15, 0.2) is 12.1 Å². The Morgan fingerprint density at radius 2 is 1.81 bits per heavy atom. The van der Waals surface area contributed by atoms with Crippen molar-refractivity contribution in [2.45, 2.75) is 59.9 Å². The van der Waals surface area contributed by atoms with Crippen molar-refractivity contribution in [2.24, 2.45) is 5.92 Å². The molecule has 0 saturated heterocycles. The van der Waals surface area contributed by atoms with E-state index in [-0.39, 0.29) is 0 Å². The first kappa shape index (κ1) is 18.0. The zero-order chi connectivity index (χ0) is 15.8. The highest BCUT2D eigenvalue weighted by Crippen LogP contribution is 2.22. The van der Waals surface area contributed by atoms with E-state index in [1.807, 2.05) is 7.05 Å². The molecule has 1 rings (SSSR count). The second-order valence-electron chi connectivity index (χ2n) is 6.16. The zero-order valence-corrected chi connectivity index (χ0v) is 14.7. The number of nitrogens with one attached hydrogen (secondary N) is 1. The lowest BCUT2D eigenvalue weighted by Crippen LogP contribution is -2.30. The van der Waals surface area contributed by atoms with Gasteiger partial charge in [0.1, 0.15) is 5.82 Å². The van der Waals surface area contributed by atoms with Gasteiger partial charge in [0.2, 0.25) is 0 Å². The Bertz CT molecular complexity index is 411. The minimum absolute atomic E-state index is 0.465. The number of nitrogens with zero attached hydrogens (tertiary/aromatic N) is 2. The molecule has 0 spiro atoms. The Balaban J connectivity index is 3.06. The Morgan fingerprint density at radius 3 is 2.29 bits per heavy atom. The van der Waals surface area contributed by atoms with Crippen molar-refractivity contribution in [3.8, 4) is 0 Å². The lowest BCUT2D eigenvalue weighted by Gasteiger charge is -2.27. The molecule has 21 heavy (non-hydrogen) atoms. The van der Waals surface area contributed by atoms with Gasteiger partial charge in [-0.3, -0.25) is 0 Å². The summed E-state index contributed by atoms with van der Waals surface area (Å²) in [4.78, 5) is 7.34. The first-order valence-corrected chi connectivity index (χ1v) is 8.45. The molecular formula is C18H33N3. The molecule has 1 aromatic rings. The summed E-state index contributed by atoms with van der Waals surface area (Å²) >= 11 is 0. The fraction of sp³-hybridized carbons (Fsp3) is 0.722. The molecule has 0 radical (unpaired) electrons. The minimum atomic E-state index is 0.465. The topological polar surface area (TPSA) is 28.2 Å². The van der Waals surface area contributed by atoms with Gasteiger partial charge >= 0.3 is 0 Å². The summed E-state index contributed by atoms with van der Waals surface area (Å²) in [7, 11) is 2.00. The molecule has 0 aliphatic heterocycles. The Hall–Kier alpha value is -1.09.